The summed E-state index contributed by atoms with van der Waals surface area (Å²) in [5.74, 6) is 5.45. The van der Waals surface area contributed by atoms with E-state index in [2.05, 4.69) is 19.3 Å². The minimum Gasteiger partial charge on any atom is -0.380 e. The molecule has 0 heterocycles. The van der Waals surface area contributed by atoms with E-state index >= 15 is 0 Å². The van der Waals surface area contributed by atoms with Gasteiger partial charge < -0.3 is 4.74 Å². The van der Waals surface area contributed by atoms with Gasteiger partial charge in [0.1, 0.15) is 5.82 Å². The number of nitrogens with two attached hydrogens (primary N) is 1. The Morgan fingerprint density at radius 1 is 1.44 bits per heavy atom. The highest BCUT2D eigenvalue weighted by Gasteiger charge is 2.23. The van der Waals surface area contributed by atoms with Crippen LogP contribution in [0.2, 0.25) is 5.02 Å². The van der Waals surface area contributed by atoms with Gasteiger partial charge in [-0.25, -0.2) is 4.39 Å². The first-order valence-corrected chi connectivity index (χ1v) is 6.30. The van der Waals surface area contributed by atoms with E-state index < -0.39 is 5.82 Å². The molecule has 102 valence electrons. The predicted molar refractivity (Wildman–Crippen MR) is 71.9 cm³/mol. The van der Waals surface area contributed by atoms with E-state index in [-0.39, 0.29) is 17.2 Å². The zero-order chi connectivity index (χ0) is 13.7. The molecule has 2 unspecified atom stereocenters. The maximum Gasteiger partial charge on any atom is 0.142 e. The van der Waals surface area contributed by atoms with Crippen LogP contribution in [0.4, 0.5) is 4.39 Å². The van der Waals surface area contributed by atoms with Crippen molar-refractivity contribution in [1.29, 1.82) is 0 Å². The van der Waals surface area contributed by atoms with E-state index in [1.807, 2.05) is 0 Å². The second-order valence-electron chi connectivity index (χ2n) is 4.67. The van der Waals surface area contributed by atoms with Gasteiger partial charge >= 0.3 is 0 Å². The molecule has 2 atom stereocenters. The monoisotopic (exact) mass is 274 g/mol. The molecule has 0 aliphatic heterocycles. The van der Waals surface area contributed by atoms with Crippen molar-refractivity contribution < 1.29 is 9.13 Å². The Labute approximate surface area is 112 Å². The number of benzene rings is 1. The molecule has 0 aliphatic carbocycles. The quantitative estimate of drug-likeness (QED) is 0.619. The molecule has 0 fully saturated rings. The average molecular weight is 275 g/mol. The SMILES string of the molecule is COC(C(C)C)C(Cc1ccc(Cl)c(F)c1)NN. The lowest BCUT2D eigenvalue weighted by molar-refractivity contribution is 0.0332. The summed E-state index contributed by atoms with van der Waals surface area (Å²) in [4.78, 5) is 0. The first-order chi connectivity index (χ1) is 8.49. The first-order valence-electron chi connectivity index (χ1n) is 5.92. The van der Waals surface area contributed by atoms with Gasteiger partial charge in [-0.15, -0.1) is 0 Å². The molecule has 1 aromatic carbocycles. The van der Waals surface area contributed by atoms with Gasteiger partial charge in [-0.3, -0.25) is 11.3 Å². The molecule has 0 aliphatic rings. The van der Waals surface area contributed by atoms with E-state index in [1.165, 1.54) is 6.07 Å². The molecule has 18 heavy (non-hydrogen) atoms. The fourth-order valence-corrected chi connectivity index (χ4v) is 2.21. The van der Waals surface area contributed by atoms with Crippen molar-refractivity contribution in [3.05, 3.63) is 34.6 Å². The molecular formula is C13H20ClFN2O. The van der Waals surface area contributed by atoms with E-state index in [9.17, 15) is 4.39 Å². The Kier molecular flexibility index (Phi) is 6.02. The van der Waals surface area contributed by atoms with Crippen molar-refractivity contribution in [1.82, 2.24) is 5.43 Å². The van der Waals surface area contributed by atoms with Gasteiger partial charge in [0.2, 0.25) is 0 Å². The van der Waals surface area contributed by atoms with Gasteiger partial charge in [-0.2, -0.15) is 0 Å². The third-order valence-electron chi connectivity index (χ3n) is 2.98. The van der Waals surface area contributed by atoms with Gasteiger partial charge in [-0.1, -0.05) is 31.5 Å². The maximum absolute atomic E-state index is 13.4. The lowest BCUT2D eigenvalue weighted by Gasteiger charge is -2.28. The van der Waals surface area contributed by atoms with Crippen molar-refractivity contribution in [3.63, 3.8) is 0 Å². The van der Waals surface area contributed by atoms with Gasteiger partial charge in [-0.05, 0) is 30.0 Å². The standard InChI is InChI=1S/C13H20ClFN2O/c1-8(2)13(18-3)12(17-16)7-9-4-5-10(14)11(15)6-9/h4-6,8,12-13,17H,7,16H2,1-3H3. The number of hydrogen-bond donors (Lipinski definition) is 2. The van der Waals surface area contributed by atoms with Crippen LogP contribution in [-0.4, -0.2) is 19.3 Å². The van der Waals surface area contributed by atoms with E-state index in [0.717, 1.165) is 5.56 Å². The number of hydrogen-bond acceptors (Lipinski definition) is 3. The van der Waals surface area contributed by atoms with Gasteiger partial charge in [0, 0.05) is 7.11 Å². The molecule has 0 amide bonds. The Bertz CT molecular complexity index is 387. The summed E-state index contributed by atoms with van der Waals surface area (Å²) in [5.41, 5.74) is 3.57. The van der Waals surface area contributed by atoms with Crippen LogP contribution in [0.5, 0.6) is 0 Å². The van der Waals surface area contributed by atoms with E-state index in [1.54, 1.807) is 19.2 Å². The van der Waals surface area contributed by atoms with E-state index in [4.69, 9.17) is 22.2 Å². The maximum atomic E-state index is 13.4. The smallest absolute Gasteiger partial charge is 0.142 e. The molecule has 0 saturated heterocycles. The summed E-state index contributed by atoms with van der Waals surface area (Å²) in [6.07, 6.45) is 0.551. The molecule has 5 heteroatoms. The summed E-state index contributed by atoms with van der Waals surface area (Å²) in [6, 6.07) is 4.70. The van der Waals surface area contributed by atoms with E-state index in [0.29, 0.717) is 12.3 Å². The lowest BCUT2D eigenvalue weighted by Crippen LogP contribution is -2.48. The summed E-state index contributed by atoms with van der Waals surface area (Å²) < 4.78 is 18.8. The second kappa shape index (κ2) is 7.04. The molecule has 0 aromatic heterocycles. The summed E-state index contributed by atoms with van der Waals surface area (Å²) in [5, 5.41) is 0.128. The highest BCUT2D eigenvalue weighted by atomic mass is 35.5. The zero-order valence-electron chi connectivity index (χ0n) is 10.9. The normalized spacial score (nSPS) is 14.8. The second-order valence-corrected chi connectivity index (χ2v) is 5.08. The number of rotatable bonds is 6. The molecule has 3 nitrogen and oxygen atoms in total. The van der Waals surface area contributed by atoms with Crippen LogP contribution in [0.3, 0.4) is 0 Å². The Balaban J connectivity index is 2.81. The Morgan fingerprint density at radius 2 is 2.11 bits per heavy atom. The molecule has 1 rings (SSSR count). The van der Waals surface area contributed by atoms with Crippen LogP contribution < -0.4 is 11.3 Å². The topological polar surface area (TPSA) is 47.3 Å². The summed E-state index contributed by atoms with van der Waals surface area (Å²) in [6.45, 7) is 4.11. The van der Waals surface area contributed by atoms with Gasteiger partial charge in [0.15, 0.2) is 0 Å². The van der Waals surface area contributed by atoms with Gasteiger partial charge in [0.05, 0.1) is 17.2 Å². The van der Waals surface area contributed by atoms with Gasteiger partial charge in [0.25, 0.3) is 0 Å². The summed E-state index contributed by atoms with van der Waals surface area (Å²) >= 11 is 5.65. The van der Waals surface area contributed by atoms with Crippen LogP contribution >= 0.6 is 11.6 Å². The highest BCUT2D eigenvalue weighted by Crippen LogP contribution is 2.19. The lowest BCUT2D eigenvalue weighted by atomic mass is 9.94. The number of hydrazine groups is 1. The third-order valence-corrected chi connectivity index (χ3v) is 3.29. The fourth-order valence-electron chi connectivity index (χ4n) is 2.09. The van der Waals surface area contributed by atoms with Crippen molar-refractivity contribution in [3.8, 4) is 0 Å². The molecule has 0 saturated carbocycles. The largest absolute Gasteiger partial charge is 0.380 e. The third kappa shape index (κ3) is 3.92. The van der Waals surface area contributed by atoms with Crippen molar-refractivity contribution >= 4 is 11.6 Å². The number of nitrogens with one attached hydrogen (secondary N) is 1. The Hall–Kier alpha value is -0.680. The molecule has 0 radical (unpaired) electrons. The fraction of sp³-hybridized carbons (Fsp3) is 0.538. The first kappa shape index (κ1) is 15.4. The van der Waals surface area contributed by atoms with Crippen molar-refractivity contribution in [2.45, 2.75) is 32.4 Å². The number of methoxy groups -OCH3 is 1. The molecule has 0 spiro atoms. The average Bonchev–Trinajstić information content (AvgIpc) is 2.33. The van der Waals surface area contributed by atoms with Crippen LogP contribution in [0, 0.1) is 11.7 Å². The minimum absolute atomic E-state index is 0.0336. The molecule has 3 N–H and O–H groups in total. The van der Waals surface area contributed by atoms with Crippen LogP contribution in [0.25, 0.3) is 0 Å². The van der Waals surface area contributed by atoms with Crippen LogP contribution in [0.15, 0.2) is 18.2 Å². The van der Waals surface area contributed by atoms with Crippen LogP contribution in [0.1, 0.15) is 19.4 Å². The Morgan fingerprint density at radius 3 is 2.56 bits per heavy atom. The minimum atomic E-state index is -0.413. The molecule has 1 aromatic rings. The predicted octanol–water partition coefficient (Wildman–Crippen LogP) is 2.52. The number of halogens is 2. The zero-order valence-corrected chi connectivity index (χ0v) is 11.7. The molecule has 0 bridgehead atoms. The highest BCUT2D eigenvalue weighted by molar-refractivity contribution is 6.30. The van der Waals surface area contributed by atoms with Crippen molar-refractivity contribution in [2.75, 3.05) is 7.11 Å². The molecular weight excluding hydrogens is 255 g/mol. The van der Waals surface area contributed by atoms with Crippen molar-refractivity contribution in [2.24, 2.45) is 11.8 Å². The van der Waals surface area contributed by atoms with Crippen LogP contribution in [-0.2, 0) is 11.2 Å². The summed E-state index contributed by atoms with van der Waals surface area (Å²) in [7, 11) is 1.65. The number of ether oxygens (including phenoxy) is 1.